The van der Waals surface area contributed by atoms with Crippen LogP contribution in [0.4, 0.5) is 5.69 Å². The van der Waals surface area contributed by atoms with E-state index in [9.17, 15) is 18.0 Å². The van der Waals surface area contributed by atoms with Gasteiger partial charge < -0.3 is 10.6 Å². The minimum absolute atomic E-state index is 0.0855. The lowest BCUT2D eigenvalue weighted by atomic mass is 9.94. The molecule has 8 heteroatoms. The van der Waals surface area contributed by atoms with Gasteiger partial charge in [-0.1, -0.05) is 0 Å². The zero-order valence-corrected chi connectivity index (χ0v) is 15.7. The molecular weight excluding hydrogens is 354 g/mol. The Hall–Kier alpha value is -1.93. The molecule has 1 aromatic rings. The van der Waals surface area contributed by atoms with E-state index >= 15 is 0 Å². The maximum Gasteiger partial charge on any atom is 0.243 e. The summed E-state index contributed by atoms with van der Waals surface area (Å²) in [5, 5.41) is 5.61. The Morgan fingerprint density at radius 3 is 2.23 bits per heavy atom. The first-order valence-corrected chi connectivity index (χ1v) is 10.5. The summed E-state index contributed by atoms with van der Waals surface area (Å²) < 4.78 is 27.0. The van der Waals surface area contributed by atoms with E-state index < -0.39 is 10.0 Å². The number of nitrogens with zero attached hydrogens (tertiary/aromatic N) is 1. The number of amides is 2. The van der Waals surface area contributed by atoms with Crippen molar-refractivity contribution in [3.63, 3.8) is 0 Å². The summed E-state index contributed by atoms with van der Waals surface area (Å²) in [6.07, 6.45) is 4.02. The summed E-state index contributed by atoms with van der Waals surface area (Å²) in [7, 11) is -3.55. The molecule has 1 saturated carbocycles. The molecule has 2 amide bonds. The van der Waals surface area contributed by atoms with Crippen LogP contribution < -0.4 is 10.6 Å². The molecule has 0 spiro atoms. The Labute approximate surface area is 154 Å². The van der Waals surface area contributed by atoms with E-state index in [4.69, 9.17) is 0 Å². The lowest BCUT2D eigenvalue weighted by Crippen LogP contribution is -2.39. The lowest BCUT2D eigenvalue weighted by molar-refractivity contribution is -0.122. The van der Waals surface area contributed by atoms with Crippen molar-refractivity contribution in [1.82, 2.24) is 9.62 Å². The molecule has 26 heavy (non-hydrogen) atoms. The van der Waals surface area contributed by atoms with Crippen molar-refractivity contribution >= 4 is 27.5 Å². The van der Waals surface area contributed by atoms with Crippen molar-refractivity contribution < 1.29 is 18.0 Å². The standard InChI is InChI=1S/C18H25N3O4S/c1-13(22)19-15-4-6-17(7-5-15)26(24,25)21-10-8-14(9-11-21)12-18(23)20-16-2-3-16/h4-7,14,16H,2-3,8-12H2,1H3,(H,19,22)(H,20,23). The van der Waals surface area contributed by atoms with Gasteiger partial charge >= 0.3 is 0 Å². The molecule has 1 heterocycles. The molecule has 1 aliphatic heterocycles. The van der Waals surface area contributed by atoms with Crippen LogP contribution in [0, 0.1) is 5.92 Å². The van der Waals surface area contributed by atoms with Gasteiger partial charge in [-0.15, -0.1) is 0 Å². The second kappa shape index (κ2) is 7.75. The minimum atomic E-state index is -3.55. The fourth-order valence-corrected chi connectivity index (χ4v) is 4.66. The van der Waals surface area contributed by atoms with Crippen molar-refractivity contribution in [3.8, 4) is 0 Å². The first kappa shape index (κ1) is 18.8. The molecule has 0 unspecified atom stereocenters. The minimum Gasteiger partial charge on any atom is -0.353 e. The normalized spacial score (nSPS) is 19.1. The van der Waals surface area contributed by atoms with Crippen molar-refractivity contribution in [1.29, 1.82) is 0 Å². The summed E-state index contributed by atoms with van der Waals surface area (Å²) in [5.41, 5.74) is 0.567. The highest BCUT2D eigenvalue weighted by atomic mass is 32.2. The molecule has 1 saturated heterocycles. The van der Waals surface area contributed by atoms with Crippen LogP contribution in [0.15, 0.2) is 29.2 Å². The Kier molecular flexibility index (Phi) is 5.62. The van der Waals surface area contributed by atoms with Gasteiger partial charge in [0.2, 0.25) is 21.8 Å². The average Bonchev–Trinajstić information content (AvgIpc) is 3.39. The van der Waals surface area contributed by atoms with Gasteiger partial charge in [0, 0.05) is 38.2 Å². The average molecular weight is 379 g/mol. The zero-order chi connectivity index (χ0) is 18.7. The number of nitrogens with one attached hydrogen (secondary N) is 2. The van der Waals surface area contributed by atoms with Crippen molar-refractivity contribution in [3.05, 3.63) is 24.3 Å². The fraction of sp³-hybridized carbons (Fsp3) is 0.556. The van der Waals surface area contributed by atoms with E-state index in [0.717, 1.165) is 12.8 Å². The van der Waals surface area contributed by atoms with Crippen LogP contribution in [0.3, 0.4) is 0 Å². The van der Waals surface area contributed by atoms with E-state index in [1.165, 1.54) is 23.4 Å². The van der Waals surface area contributed by atoms with Crippen molar-refractivity contribution in [2.24, 2.45) is 5.92 Å². The third-order valence-corrected chi connectivity index (χ3v) is 6.72. The topological polar surface area (TPSA) is 95.6 Å². The molecule has 1 aliphatic carbocycles. The number of sulfonamides is 1. The highest BCUT2D eigenvalue weighted by Gasteiger charge is 2.31. The van der Waals surface area contributed by atoms with Gasteiger partial charge in [-0.2, -0.15) is 4.31 Å². The highest BCUT2D eigenvalue weighted by molar-refractivity contribution is 7.89. The first-order valence-electron chi connectivity index (χ1n) is 9.02. The molecule has 0 aromatic heterocycles. The number of hydrogen-bond donors (Lipinski definition) is 2. The van der Waals surface area contributed by atoms with Gasteiger partial charge in [0.05, 0.1) is 4.90 Å². The quantitative estimate of drug-likeness (QED) is 0.787. The second-order valence-corrected chi connectivity index (χ2v) is 9.04. The molecule has 0 radical (unpaired) electrons. The van der Waals surface area contributed by atoms with E-state index in [1.54, 1.807) is 12.1 Å². The molecule has 7 nitrogen and oxygen atoms in total. The van der Waals surface area contributed by atoms with E-state index in [0.29, 0.717) is 44.1 Å². The number of hydrogen-bond acceptors (Lipinski definition) is 4. The summed E-state index contributed by atoms with van der Waals surface area (Å²) in [6, 6.07) is 6.56. The summed E-state index contributed by atoms with van der Waals surface area (Å²) in [5.74, 6) is 0.123. The summed E-state index contributed by atoms with van der Waals surface area (Å²) in [6.45, 7) is 2.26. The van der Waals surface area contributed by atoms with E-state index in [2.05, 4.69) is 10.6 Å². The maximum atomic E-state index is 12.8. The lowest BCUT2D eigenvalue weighted by Gasteiger charge is -2.31. The van der Waals surface area contributed by atoms with Crippen LogP contribution in [0.2, 0.25) is 0 Å². The first-order chi connectivity index (χ1) is 12.3. The van der Waals surface area contributed by atoms with Gasteiger partial charge in [0.25, 0.3) is 0 Å². The number of carbonyl (C=O) groups excluding carboxylic acids is 2. The third kappa shape index (κ3) is 4.82. The Bertz CT molecular complexity index is 764. The number of rotatable bonds is 6. The third-order valence-electron chi connectivity index (χ3n) is 4.80. The van der Waals surface area contributed by atoms with Crippen LogP contribution in [0.1, 0.15) is 39.0 Å². The van der Waals surface area contributed by atoms with Gasteiger partial charge in [0.15, 0.2) is 0 Å². The Morgan fingerprint density at radius 1 is 1.08 bits per heavy atom. The zero-order valence-electron chi connectivity index (χ0n) is 14.9. The van der Waals surface area contributed by atoms with Gasteiger partial charge in [-0.05, 0) is 55.9 Å². The molecule has 3 rings (SSSR count). The van der Waals surface area contributed by atoms with Crippen LogP contribution >= 0.6 is 0 Å². The van der Waals surface area contributed by atoms with Gasteiger partial charge in [-0.3, -0.25) is 9.59 Å². The predicted octanol–water partition coefficient (Wildman–Crippen LogP) is 1.71. The predicted molar refractivity (Wildman–Crippen MR) is 98.0 cm³/mol. The molecule has 1 aromatic carbocycles. The van der Waals surface area contributed by atoms with Crippen LogP contribution in [-0.2, 0) is 19.6 Å². The van der Waals surface area contributed by atoms with Crippen molar-refractivity contribution in [2.45, 2.75) is 50.0 Å². The molecule has 0 atom stereocenters. The van der Waals surface area contributed by atoms with E-state index in [1.807, 2.05) is 0 Å². The molecule has 2 aliphatic rings. The second-order valence-electron chi connectivity index (χ2n) is 7.10. The largest absolute Gasteiger partial charge is 0.353 e. The molecule has 0 bridgehead atoms. The Morgan fingerprint density at radius 2 is 1.69 bits per heavy atom. The smallest absolute Gasteiger partial charge is 0.243 e. The molecule has 2 fully saturated rings. The number of piperidine rings is 1. The Balaban J connectivity index is 1.55. The van der Waals surface area contributed by atoms with Gasteiger partial charge in [-0.25, -0.2) is 8.42 Å². The maximum absolute atomic E-state index is 12.8. The van der Waals surface area contributed by atoms with Crippen LogP contribution in [-0.4, -0.2) is 43.7 Å². The highest BCUT2D eigenvalue weighted by Crippen LogP contribution is 2.27. The number of anilines is 1. The van der Waals surface area contributed by atoms with Crippen LogP contribution in [0.25, 0.3) is 0 Å². The van der Waals surface area contributed by atoms with Crippen LogP contribution in [0.5, 0.6) is 0 Å². The fourth-order valence-electron chi connectivity index (χ4n) is 3.19. The summed E-state index contributed by atoms with van der Waals surface area (Å²) in [4.78, 5) is 23.2. The van der Waals surface area contributed by atoms with Crippen molar-refractivity contribution in [2.75, 3.05) is 18.4 Å². The number of carbonyl (C=O) groups is 2. The van der Waals surface area contributed by atoms with Gasteiger partial charge in [0.1, 0.15) is 0 Å². The SMILES string of the molecule is CC(=O)Nc1ccc(S(=O)(=O)N2CCC(CC(=O)NC3CC3)CC2)cc1. The number of benzene rings is 1. The monoisotopic (exact) mass is 379 g/mol. The summed E-state index contributed by atoms with van der Waals surface area (Å²) >= 11 is 0. The molecule has 142 valence electrons. The van der Waals surface area contributed by atoms with E-state index in [-0.39, 0.29) is 22.6 Å². The molecule has 2 N–H and O–H groups in total. The molecular formula is C18H25N3O4S.